The second-order valence-corrected chi connectivity index (χ2v) is 4.82. The molecule has 0 atom stereocenters. The fourth-order valence-electron chi connectivity index (χ4n) is 1.84. The lowest BCUT2D eigenvalue weighted by Gasteiger charge is -2.20. The van der Waals surface area contributed by atoms with Crippen LogP contribution in [0.25, 0.3) is 0 Å². The molecular weight excluding hydrogens is 240 g/mol. The third-order valence-electron chi connectivity index (χ3n) is 2.77. The summed E-state index contributed by atoms with van der Waals surface area (Å²) in [5.74, 6) is 1.64. The molecule has 0 radical (unpaired) electrons. The van der Waals surface area contributed by atoms with Crippen molar-refractivity contribution in [1.29, 1.82) is 0 Å². The quantitative estimate of drug-likeness (QED) is 0.838. The normalized spacial score (nSPS) is 10.7. The van der Waals surface area contributed by atoms with E-state index in [1.165, 1.54) is 0 Å². The summed E-state index contributed by atoms with van der Waals surface area (Å²) >= 11 is 0. The number of hydrogen-bond donors (Lipinski definition) is 1. The van der Waals surface area contributed by atoms with Crippen LogP contribution >= 0.6 is 0 Å². The van der Waals surface area contributed by atoms with Gasteiger partial charge in [-0.3, -0.25) is 0 Å². The Morgan fingerprint density at radius 2 is 2.11 bits per heavy atom. The molecule has 1 heterocycles. The second kappa shape index (κ2) is 5.69. The first-order chi connectivity index (χ1) is 9.06. The molecule has 0 aliphatic heterocycles. The summed E-state index contributed by atoms with van der Waals surface area (Å²) in [6, 6.07) is 9.65. The number of ether oxygens (including phenoxy) is 1. The van der Waals surface area contributed by atoms with Gasteiger partial charge < -0.3 is 19.8 Å². The Bertz CT molecular complexity index is 521. The topological polar surface area (TPSA) is 51.6 Å². The highest BCUT2D eigenvalue weighted by Gasteiger charge is 2.09. The zero-order valence-corrected chi connectivity index (χ0v) is 11.6. The molecule has 2 N–H and O–H groups in total. The zero-order valence-electron chi connectivity index (χ0n) is 11.6. The molecule has 0 saturated heterocycles. The molecule has 0 amide bonds. The van der Waals surface area contributed by atoms with Gasteiger partial charge in [0.05, 0.1) is 24.6 Å². The van der Waals surface area contributed by atoms with Crippen LogP contribution in [0.3, 0.4) is 0 Å². The van der Waals surface area contributed by atoms with Crippen LogP contribution in [0.4, 0.5) is 11.4 Å². The van der Waals surface area contributed by atoms with Crippen LogP contribution in [-0.2, 0) is 6.54 Å². The van der Waals surface area contributed by atoms with Gasteiger partial charge in [-0.05, 0) is 38.1 Å². The number of furan rings is 1. The van der Waals surface area contributed by atoms with E-state index in [0.717, 1.165) is 17.2 Å². The van der Waals surface area contributed by atoms with Crippen molar-refractivity contribution < 1.29 is 9.15 Å². The van der Waals surface area contributed by atoms with Crippen molar-refractivity contribution in [2.45, 2.75) is 26.5 Å². The maximum Gasteiger partial charge on any atom is 0.144 e. The molecule has 0 bridgehead atoms. The molecule has 0 aliphatic rings. The number of nitrogens with two attached hydrogens (primary N) is 1. The molecule has 4 heteroatoms. The van der Waals surface area contributed by atoms with Crippen LogP contribution < -0.4 is 15.4 Å². The van der Waals surface area contributed by atoms with Crippen LogP contribution in [0.5, 0.6) is 5.75 Å². The number of hydrogen-bond acceptors (Lipinski definition) is 4. The lowest BCUT2D eigenvalue weighted by molar-refractivity contribution is 0.244. The van der Waals surface area contributed by atoms with E-state index in [1.54, 1.807) is 6.26 Å². The number of nitrogens with zero attached hydrogens (tertiary/aromatic N) is 1. The number of benzene rings is 1. The van der Waals surface area contributed by atoms with E-state index in [4.69, 9.17) is 14.9 Å². The van der Waals surface area contributed by atoms with Gasteiger partial charge in [0, 0.05) is 18.8 Å². The minimum Gasteiger partial charge on any atom is -0.489 e. The second-order valence-electron chi connectivity index (χ2n) is 4.82. The van der Waals surface area contributed by atoms with Crippen molar-refractivity contribution in [2.24, 2.45) is 0 Å². The average Bonchev–Trinajstić information content (AvgIpc) is 2.84. The number of nitrogen functional groups attached to an aromatic ring is 1. The molecule has 2 rings (SSSR count). The van der Waals surface area contributed by atoms with Gasteiger partial charge in [-0.15, -0.1) is 0 Å². The molecule has 1 aromatic carbocycles. The molecule has 19 heavy (non-hydrogen) atoms. The van der Waals surface area contributed by atoms with E-state index in [-0.39, 0.29) is 6.10 Å². The molecule has 102 valence electrons. The first-order valence-corrected chi connectivity index (χ1v) is 6.36. The Hall–Kier alpha value is -2.10. The maximum absolute atomic E-state index is 5.91. The fourth-order valence-corrected chi connectivity index (χ4v) is 1.84. The van der Waals surface area contributed by atoms with Crippen LogP contribution in [0.15, 0.2) is 41.0 Å². The highest BCUT2D eigenvalue weighted by molar-refractivity contribution is 5.62. The Kier molecular flexibility index (Phi) is 4.00. The third-order valence-corrected chi connectivity index (χ3v) is 2.77. The Morgan fingerprint density at radius 1 is 1.32 bits per heavy atom. The Morgan fingerprint density at radius 3 is 2.74 bits per heavy atom. The van der Waals surface area contributed by atoms with Crippen molar-refractivity contribution in [3.63, 3.8) is 0 Å². The van der Waals surface area contributed by atoms with Crippen molar-refractivity contribution in [1.82, 2.24) is 0 Å². The molecular formula is C15H20N2O2. The molecule has 1 aromatic heterocycles. The van der Waals surface area contributed by atoms with E-state index in [9.17, 15) is 0 Å². The van der Waals surface area contributed by atoms with Crippen LogP contribution in [0.1, 0.15) is 19.6 Å². The van der Waals surface area contributed by atoms with Gasteiger partial charge in [0.15, 0.2) is 0 Å². The van der Waals surface area contributed by atoms with Gasteiger partial charge in [-0.25, -0.2) is 0 Å². The largest absolute Gasteiger partial charge is 0.489 e. The molecule has 0 unspecified atom stereocenters. The SMILES string of the molecule is CC(C)Oc1cc(N(C)Cc2ccco2)ccc1N. The van der Waals surface area contributed by atoms with Crippen LogP contribution in [0, 0.1) is 0 Å². The van der Waals surface area contributed by atoms with Crippen molar-refractivity contribution in [2.75, 3.05) is 17.7 Å². The van der Waals surface area contributed by atoms with E-state index in [1.807, 2.05) is 51.2 Å². The predicted octanol–water partition coefficient (Wildman–Crippen LogP) is 3.29. The maximum atomic E-state index is 5.91. The average molecular weight is 260 g/mol. The van der Waals surface area contributed by atoms with Crippen molar-refractivity contribution in [3.05, 3.63) is 42.4 Å². The Labute approximate surface area is 113 Å². The van der Waals surface area contributed by atoms with Gasteiger partial charge in [0.2, 0.25) is 0 Å². The predicted molar refractivity (Wildman–Crippen MR) is 77.4 cm³/mol. The molecule has 0 aliphatic carbocycles. The molecule has 0 saturated carbocycles. The van der Waals surface area contributed by atoms with Crippen molar-refractivity contribution in [3.8, 4) is 5.75 Å². The molecule has 0 spiro atoms. The molecule has 0 fully saturated rings. The minimum absolute atomic E-state index is 0.105. The first-order valence-electron chi connectivity index (χ1n) is 6.36. The monoisotopic (exact) mass is 260 g/mol. The van der Waals surface area contributed by atoms with E-state index >= 15 is 0 Å². The third kappa shape index (κ3) is 3.44. The van der Waals surface area contributed by atoms with Gasteiger partial charge >= 0.3 is 0 Å². The summed E-state index contributed by atoms with van der Waals surface area (Å²) in [4.78, 5) is 2.09. The summed E-state index contributed by atoms with van der Waals surface area (Å²) in [6.45, 7) is 4.68. The smallest absolute Gasteiger partial charge is 0.144 e. The summed E-state index contributed by atoms with van der Waals surface area (Å²) in [6.07, 6.45) is 1.78. The van der Waals surface area contributed by atoms with Gasteiger partial charge in [0.25, 0.3) is 0 Å². The Balaban J connectivity index is 2.15. The van der Waals surface area contributed by atoms with E-state index in [0.29, 0.717) is 12.2 Å². The van der Waals surface area contributed by atoms with Gasteiger partial charge in [-0.2, -0.15) is 0 Å². The summed E-state index contributed by atoms with van der Waals surface area (Å²) in [5.41, 5.74) is 7.61. The molecule has 2 aromatic rings. The van der Waals surface area contributed by atoms with Crippen molar-refractivity contribution >= 4 is 11.4 Å². The number of rotatable bonds is 5. The standard InChI is InChI=1S/C15H20N2O2/c1-11(2)19-15-9-12(6-7-14(15)16)17(3)10-13-5-4-8-18-13/h4-9,11H,10,16H2,1-3H3. The van der Waals surface area contributed by atoms with Crippen LogP contribution in [0.2, 0.25) is 0 Å². The lowest BCUT2D eigenvalue weighted by atomic mass is 10.2. The zero-order chi connectivity index (χ0) is 13.8. The van der Waals surface area contributed by atoms with E-state index < -0.39 is 0 Å². The lowest BCUT2D eigenvalue weighted by Crippen LogP contribution is -2.16. The fraction of sp³-hybridized carbons (Fsp3) is 0.333. The highest BCUT2D eigenvalue weighted by Crippen LogP contribution is 2.28. The highest BCUT2D eigenvalue weighted by atomic mass is 16.5. The molecule has 4 nitrogen and oxygen atoms in total. The first kappa shape index (κ1) is 13.3. The van der Waals surface area contributed by atoms with Crippen LogP contribution in [-0.4, -0.2) is 13.2 Å². The minimum atomic E-state index is 0.105. The summed E-state index contributed by atoms with van der Waals surface area (Å²) in [7, 11) is 2.01. The van der Waals surface area contributed by atoms with E-state index in [2.05, 4.69) is 4.90 Å². The summed E-state index contributed by atoms with van der Waals surface area (Å²) < 4.78 is 11.0. The van der Waals surface area contributed by atoms with Gasteiger partial charge in [-0.1, -0.05) is 0 Å². The summed E-state index contributed by atoms with van der Waals surface area (Å²) in [5, 5.41) is 0. The number of anilines is 2. The van der Waals surface area contributed by atoms with Gasteiger partial charge in [0.1, 0.15) is 11.5 Å².